The van der Waals surface area contributed by atoms with Crippen LogP contribution in [-0.2, 0) is 16.0 Å². The first-order valence-corrected chi connectivity index (χ1v) is 8.96. The van der Waals surface area contributed by atoms with Gasteiger partial charge in [0.05, 0.1) is 12.2 Å². The Morgan fingerprint density at radius 3 is 2.68 bits per heavy atom. The highest BCUT2D eigenvalue weighted by atomic mass is 16.5. The number of para-hydroxylation sites is 1. The highest BCUT2D eigenvalue weighted by molar-refractivity contribution is 5.89. The van der Waals surface area contributed by atoms with Gasteiger partial charge in [0.1, 0.15) is 0 Å². The molecule has 0 aliphatic carbocycles. The fourth-order valence-electron chi connectivity index (χ4n) is 3.19. The topological polar surface area (TPSA) is 54.0 Å². The van der Waals surface area contributed by atoms with Crippen molar-refractivity contribution in [1.29, 1.82) is 0 Å². The number of nitrogens with one attached hydrogen (secondary N) is 1. The van der Waals surface area contributed by atoms with Crippen molar-refractivity contribution in [3.8, 4) is 0 Å². The number of morpholine rings is 1. The third-order valence-corrected chi connectivity index (χ3v) is 4.34. The van der Waals surface area contributed by atoms with Gasteiger partial charge in [-0.1, -0.05) is 18.2 Å². The molecule has 0 aromatic heterocycles. The Balaban J connectivity index is 1.96. The second-order valence-corrected chi connectivity index (χ2v) is 6.81. The molecule has 1 N–H and O–H groups in total. The lowest BCUT2D eigenvalue weighted by Gasteiger charge is -2.35. The van der Waals surface area contributed by atoms with Gasteiger partial charge in [-0.15, -0.1) is 0 Å². The van der Waals surface area contributed by atoms with Crippen molar-refractivity contribution in [2.75, 3.05) is 45.7 Å². The van der Waals surface area contributed by atoms with Crippen LogP contribution in [0.1, 0.15) is 25.8 Å². The molecule has 2 amide bonds. The van der Waals surface area contributed by atoms with E-state index in [0.717, 1.165) is 37.3 Å². The highest BCUT2D eigenvalue weighted by Crippen LogP contribution is 2.20. The van der Waals surface area contributed by atoms with E-state index >= 15 is 0 Å². The summed E-state index contributed by atoms with van der Waals surface area (Å²) >= 11 is 0. The summed E-state index contributed by atoms with van der Waals surface area (Å²) in [5.41, 5.74) is 2.00. The SMILES string of the molecule is COCCCN(C)C(=O)Nc1ccccc1CN1C[C@@H](C)O[C@H](C)C1. The summed E-state index contributed by atoms with van der Waals surface area (Å²) in [5.74, 6) is 0. The molecule has 0 saturated carbocycles. The van der Waals surface area contributed by atoms with Crippen LogP contribution in [0.25, 0.3) is 0 Å². The van der Waals surface area contributed by atoms with E-state index in [1.165, 1.54) is 0 Å². The van der Waals surface area contributed by atoms with E-state index < -0.39 is 0 Å². The maximum Gasteiger partial charge on any atom is 0.321 e. The Hall–Kier alpha value is -1.63. The number of benzene rings is 1. The Bertz CT molecular complexity index is 542. The zero-order chi connectivity index (χ0) is 18.2. The number of carbonyl (C=O) groups is 1. The summed E-state index contributed by atoms with van der Waals surface area (Å²) in [5, 5.41) is 3.04. The van der Waals surface area contributed by atoms with Gasteiger partial charge in [-0.25, -0.2) is 4.79 Å². The molecule has 1 aromatic rings. The van der Waals surface area contributed by atoms with Gasteiger partial charge in [0.15, 0.2) is 0 Å². The van der Waals surface area contributed by atoms with Crippen molar-refractivity contribution >= 4 is 11.7 Å². The van der Waals surface area contributed by atoms with Crippen molar-refractivity contribution in [2.45, 2.75) is 39.0 Å². The predicted octanol–water partition coefficient (Wildman–Crippen LogP) is 2.80. The summed E-state index contributed by atoms with van der Waals surface area (Å²) in [6, 6.07) is 7.91. The van der Waals surface area contributed by atoms with Crippen molar-refractivity contribution in [3.05, 3.63) is 29.8 Å². The number of carbonyl (C=O) groups excluding carboxylic acids is 1. The molecule has 2 atom stereocenters. The van der Waals surface area contributed by atoms with Crippen LogP contribution in [-0.4, -0.2) is 68.4 Å². The molecule has 0 bridgehead atoms. The average Bonchev–Trinajstić information content (AvgIpc) is 2.55. The summed E-state index contributed by atoms with van der Waals surface area (Å²) < 4.78 is 10.8. The first-order valence-electron chi connectivity index (χ1n) is 8.96. The Morgan fingerprint density at radius 1 is 1.32 bits per heavy atom. The second-order valence-electron chi connectivity index (χ2n) is 6.81. The summed E-state index contributed by atoms with van der Waals surface area (Å²) in [6.45, 7) is 8.15. The number of rotatable bonds is 7. The highest BCUT2D eigenvalue weighted by Gasteiger charge is 2.23. The summed E-state index contributed by atoms with van der Waals surface area (Å²) in [7, 11) is 3.47. The monoisotopic (exact) mass is 349 g/mol. The van der Waals surface area contributed by atoms with Crippen LogP contribution in [0.3, 0.4) is 0 Å². The fraction of sp³-hybridized carbons (Fsp3) is 0.632. The smallest absolute Gasteiger partial charge is 0.321 e. The average molecular weight is 349 g/mol. The van der Waals surface area contributed by atoms with Gasteiger partial charge >= 0.3 is 6.03 Å². The quantitative estimate of drug-likeness (QED) is 0.769. The molecular formula is C19H31N3O3. The third-order valence-electron chi connectivity index (χ3n) is 4.34. The maximum atomic E-state index is 12.4. The number of urea groups is 1. The van der Waals surface area contributed by atoms with E-state index in [4.69, 9.17) is 9.47 Å². The molecule has 1 saturated heterocycles. The van der Waals surface area contributed by atoms with E-state index in [2.05, 4.69) is 30.1 Å². The van der Waals surface area contributed by atoms with Crippen molar-refractivity contribution in [2.24, 2.45) is 0 Å². The van der Waals surface area contributed by atoms with Gasteiger partial charge in [-0.3, -0.25) is 4.90 Å². The Kier molecular flexibility index (Phi) is 7.68. The Morgan fingerprint density at radius 2 is 2.00 bits per heavy atom. The second kappa shape index (κ2) is 9.75. The number of hydrogen-bond donors (Lipinski definition) is 1. The predicted molar refractivity (Wildman–Crippen MR) is 99.9 cm³/mol. The maximum absolute atomic E-state index is 12.4. The van der Waals surface area contributed by atoms with Crippen LogP contribution in [0, 0.1) is 0 Å². The van der Waals surface area contributed by atoms with Gasteiger partial charge in [0.2, 0.25) is 0 Å². The van der Waals surface area contributed by atoms with E-state index in [1.54, 1.807) is 19.1 Å². The van der Waals surface area contributed by atoms with Gasteiger partial charge in [-0.2, -0.15) is 0 Å². The molecule has 0 radical (unpaired) electrons. The largest absolute Gasteiger partial charge is 0.385 e. The normalized spacial score (nSPS) is 21.1. The molecule has 25 heavy (non-hydrogen) atoms. The first kappa shape index (κ1) is 19.7. The molecular weight excluding hydrogens is 318 g/mol. The molecule has 0 unspecified atom stereocenters. The standard InChI is InChI=1S/C19H31N3O3/c1-15-12-22(13-16(2)25-15)14-17-8-5-6-9-18(17)20-19(23)21(3)10-7-11-24-4/h5-6,8-9,15-16H,7,10-14H2,1-4H3,(H,20,23)/t15-,16-/m1/s1. The molecule has 1 aliphatic rings. The van der Waals surface area contributed by atoms with E-state index in [1.807, 2.05) is 18.2 Å². The number of methoxy groups -OCH3 is 1. The van der Waals surface area contributed by atoms with Crippen LogP contribution >= 0.6 is 0 Å². The van der Waals surface area contributed by atoms with E-state index in [9.17, 15) is 4.79 Å². The zero-order valence-electron chi connectivity index (χ0n) is 15.8. The van der Waals surface area contributed by atoms with Crippen LogP contribution in [0.2, 0.25) is 0 Å². The lowest BCUT2D eigenvalue weighted by molar-refractivity contribution is -0.0704. The number of nitrogens with zero attached hydrogens (tertiary/aromatic N) is 2. The van der Waals surface area contributed by atoms with Crippen LogP contribution in [0.5, 0.6) is 0 Å². The molecule has 1 heterocycles. The van der Waals surface area contributed by atoms with Gasteiger partial charge in [0.25, 0.3) is 0 Å². The Labute approximate surface area is 151 Å². The number of ether oxygens (including phenoxy) is 2. The van der Waals surface area contributed by atoms with Crippen molar-refractivity contribution in [3.63, 3.8) is 0 Å². The van der Waals surface area contributed by atoms with Crippen LogP contribution in [0.15, 0.2) is 24.3 Å². The molecule has 6 heteroatoms. The zero-order valence-corrected chi connectivity index (χ0v) is 15.8. The van der Waals surface area contributed by atoms with E-state index in [-0.39, 0.29) is 18.2 Å². The minimum atomic E-state index is -0.0905. The molecule has 1 aromatic carbocycles. The first-order chi connectivity index (χ1) is 12.0. The number of amides is 2. The fourth-order valence-corrected chi connectivity index (χ4v) is 3.19. The number of hydrogen-bond acceptors (Lipinski definition) is 4. The minimum absolute atomic E-state index is 0.0905. The molecule has 0 spiro atoms. The van der Waals surface area contributed by atoms with Crippen LogP contribution in [0.4, 0.5) is 10.5 Å². The molecule has 2 rings (SSSR count). The van der Waals surface area contributed by atoms with Crippen molar-refractivity contribution in [1.82, 2.24) is 9.80 Å². The lowest BCUT2D eigenvalue weighted by Crippen LogP contribution is -2.45. The van der Waals surface area contributed by atoms with Crippen molar-refractivity contribution < 1.29 is 14.3 Å². The minimum Gasteiger partial charge on any atom is -0.385 e. The lowest BCUT2D eigenvalue weighted by atomic mass is 10.1. The summed E-state index contributed by atoms with van der Waals surface area (Å²) in [4.78, 5) is 16.5. The van der Waals surface area contributed by atoms with Gasteiger partial charge < -0.3 is 19.7 Å². The molecule has 1 aliphatic heterocycles. The number of anilines is 1. The summed E-state index contributed by atoms with van der Waals surface area (Å²) in [6.07, 6.45) is 1.29. The molecule has 1 fully saturated rings. The van der Waals surface area contributed by atoms with Gasteiger partial charge in [0, 0.05) is 52.6 Å². The van der Waals surface area contributed by atoms with E-state index in [0.29, 0.717) is 13.2 Å². The molecule has 140 valence electrons. The third kappa shape index (κ3) is 6.30. The van der Waals surface area contributed by atoms with Crippen LogP contribution < -0.4 is 5.32 Å². The molecule has 6 nitrogen and oxygen atoms in total. The van der Waals surface area contributed by atoms with Gasteiger partial charge in [-0.05, 0) is 31.9 Å².